The van der Waals surface area contributed by atoms with E-state index < -0.39 is 14.6 Å². The van der Waals surface area contributed by atoms with Crippen molar-refractivity contribution in [3.63, 3.8) is 0 Å². The van der Waals surface area contributed by atoms with Gasteiger partial charge < -0.3 is 4.74 Å². The van der Waals surface area contributed by atoms with Gasteiger partial charge in [-0.3, -0.25) is 0 Å². The molecule has 0 aliphatic rings. The van der Waals surface area contributed by atoms with Gasteiger partial charge in [-0.2, -0.15) is 0 Å². The monoisotopic (exact) mass is 516 g/mol. The van der Waals surface area contributed by atoms with Crippen LogP contribution < -0.4 is 4.74 Å². The summed E-state index contributed by atoms with van der Waals surface area (Å²) < 4.78 is 30.9. The van der Waals surface area contributed by atoms with Crippen LogP contribution in [-0.4, -0.2) is 19.1 Å². The summed E-state index contributed by atoms with van der Waals surface area (Å²) in [6.45, 7) is 5.49. The third-order valence-electron chi connectivity index (χ3n) is 5.89. The lowest BCUT2D eigenvalue weighted by atomic mass is 10.0. The molecule has 0 unspecified atom stereocenters. The number of esters is 1. The third-order valence-corrected chi connectivity index (χ3v) is 9.40. The highest BCUT2D eigenvalue weighted by atomic mass is 32.2. The van der Waals surface area contributed by atoms with Crippen molar-refractivity contribution < 1.29 is 17.9 Å². The first-order chi connectivity index (χ1) is 17.1. The first-order valence-electron chi connectivity index (χ1n) is 11.6. The van der Waals surface area contributed by atoms with Crippen LogP contribution in [0.1, 0.15) is 35.3 Å². The molecule has 0 saturated heterocycles. The van der Waals surface area contributed by atoms with E-state index in [1.807, 2.05) is 61.5 Å². The number of sulfone groups is 1. The Balaban J connectivity index is 1.38. The van der Waals surface area contributed by atoms with E-state index >= 15 is 0 Å². The summed E-state index contributed by atoms with van der Waals surface area (Å²) in [7, 11) is -3.48. The second-order valence-electron chi connectivity index (χ2n) is 9.23. The average molecular weight is 517 g/mol. The van der Waals surface area contributed by atoms with Crippen molar-refractivity contribution in [3.8, 4) is 5.75 Å². The van der Waals surface area contributed by atoms with Crippen molar-refractivity contribution in [2.24, 2.45) is 0 Å². The van der Waals surface area contributed by atoms with Crippen LogP contribution in [0.25, 0.3) is 0 Å². The molecule has 6 heteroatoms. The van der Waals surface area contributed by atoms with Crippen LogP contribution in [0, 0.1) is 6.92 Å². The van der Waals surface area contributed by atoms with Gasteiger partial charge in [0.1, 0.15) is 5.75 Å². The van der Waals surface area contributed by atoms with Crippen molar-refractivity contribution in [2.45, 2.75) is 46.6 Å². The Kier molecular flexibility index (Phi) is 7.67. The lowest BCUT2D eigenvalue weighted by molar-refractivity contribution is 0.0734. The number of ether oxygens (including phenoxy) is 1. The number of hydrogen-bond acceptors (Lipinski definition) is 5. The average Bonchev–Trinajstić information content (AvgIpc) is 2.87. The Morgan fingerprint density at radius 2 is 1.33 bits per heavy atom. The summed E-state index contributed by atoms with van der Waals surface area (Å²) in [4.78, 5) is 14.6. The van der Waals surface area contributed by atoms with Crippen LogP contribution in [-0.2, 0) is 16.3 Å². The second kappa shape index (κ2) is 10.7. The minimum Gasteiger partial charge on any atom is -0.423 e. The highest BCUT2D eigenvalue weighted by molar-refractivity contribution is 7.99. The number of carbonyl (C=O) groups is 1. The van der Waals surface area contributed by atoms with E-state index in [9.17, 15) is 13.2 Å². The molecule has 0 fully saturated rings. The van der Waals surface area contributed by atoms with E-state index in [4.69, 9.17) is 4.74 Å². The molecular weight excluding hydrogens is 488 g/mol. The smallest absolute Gasteiger partial charge is 0.343 e. The molecule has 36 heavy (non-hydrogen) atoms. The molecule has 0 aliphatic carbocycles. The largest absolute Gasteiger partial charge is 0.423 e. The number of aryl methyl sites for hydroxylation is 1. The predicted octanol–water partition coefficient (Wildman–Crippen LogP) is 7.16. The molecule has 4 aromatic carbocycles. The first-order valence-corrected chi connectivity index (χ1v) is 13.9. The van der Waals surface area contributed by atoms with Crippen LogP contribution >= 0.6 is 11.8 Å². The molecule has 4 aromatic rings. The van der Waals surface area contributed by atoms with E-state index in [1.54, 1.807) is 74.1 Å². The van der Waals surface area contributed by atoms with Crippen molar-refractivity contribution >= 4 is 27.6 Å². The minimum absolute atomic E-state index is 0.350. The Hall–Kier alpha value is -3.35. The maximum atomic E-state index is 13.2. The molecule has 0 spiro atoms. The molecule has 0 aromatic heterocycles. The van der Waals surface area contributed by atoms with E-state index in [1.165, 1.54) is 0 Å². The fraction of sp³-hybridized carbons (Fsp3) is 0.167. The van der Waals surface area contributed by atoms with E-state index in [0.717, 1.165) is 20.9 Å². The maximum absolute atomic E-state index is 13.2. The van der Waals surface area contributed by atoms with Crippen molar-refractivity contribution in [1.29, 1.82) is 0 Å². The zero-order chi connectivity index (χ0) is 25.8. The summed E-state index contributed by atoms with van der Waals surface area (Å²) in [5.41, 5.74) is 2.50. The van der Waals surface area contributed by atoms with Gasteiger partial charge in [0.15, 0.2) is 9.84 Å². The number of hydrogen-bond donors (Lipinski definition) is 0. The molecule has 4 rings (SSSR count). The Labute approximate surface area is 217 Å². The Morgan fingerprint density at radius 1 is 0.778 bits per heavy atom. The van der Waals surface area contributed by atoms with Crippen molar-refractivity contribution in [3.05, 3.63) is 120 Å². The van der Waals surface area contributed by atoms with Crippen LogP contribution in [0.3, 0.4) is 0 Å². The van der Waals surface area contributed by atoms with Gasteiger partial charge >= 0.3 is 5.97 Å². The molecule has 0 bridgehead atoms. The summed E-state index contributed by atoms with van der Waals surface area (Å²) >= 11 is 1.58. The molecule has 184 valence electrons. The molecule has 0 saturated carbocycles. The van der Waals surface area contributed by atoms with Crippen LogP contribution in [0.4, 0.5) is 0 Å². The van der Waals surface area contributed by atoms with Gasteiger partial charge in [-0.05, 0) is 93.4 Å². The highest BCUT2D eigenvalue weighted by Gasteiger charge is 2.35. The van der Waals surface area contributed by atoms with Gasteiger partial charge in [0.25, 0.3) is 0 Å². The second-order valence-corrected chi connectivity index (χ2v) is 13.0. The van der Waals surface area contributed by atoms with E-state index in [2.05, 4.69) is 0 Å². The molecule has 0 N–H and O–H groups in total. The fourth-order valence-electron chi connectivity index (χ4n) is 3.75. The van der Waals surface area contributed by atoms with Crippen LogP contribution in [0.2, 0.25) is 0 Å². The molecule has 0 amide bonds. The molecule has 4 nitrogen and oxygen atoms in total. The summed E-state index contributed by atoms with van der Waals surface area (Å²) in [6, 6.07) is 31.2. The minimum atomic E-state index is -3.48. The fourth-order valence-corrected chi connectivity index (χ4v) is 6.06. The predicted molar refractivity (Wildman–Crippen MR) is 145 cm³/mol. The molecule has 0 atom stereocenters. The standard InChI is InChI=1S/C30H28O4S2/c1-22-9-19-28(20-10-22)36(32,33)30(2,3)21-23-11-15-26(16-12-23)35-27-17-13-25(14-18-27)34-29(31)24-7-5-4-6-8-24/h4-20H,21H2,1-3H3. The van der Waals surface area contributed by atoms with Gasteiger partial charge in [-0.15, -0.1) is 0 Å². The molecular formula is C30H28O4S2. The number of benzene rings is 4. The SMILES string of the molecule is Cc1ccc(S(=O)(=O)C(C)(C)Cc2ccc(Sc3ccc(OC(=O)c4ccccc4)cc3)cc2)cc1. The molecule has 0 radical (unpaired) electrons. The topological polar surface area (TPSA) is 60.4 Å². The van der Waals surface area contributed by atoms with E-state index in [0.29, 0.717) is 22.6 Å². The van der Waals surface area contributed by atoms with Gasteiger partial charge in [0.2, 0.25) is 0 Å². The van der Waals surface area contributed by atoms with Crippen LogP contribution in [0.5, 0.6) is 5.75 Å². The number of carbonyl (C=O) groups excluding carboxylic acids is 1. The Bertz CT molecular complexity index is 1420. The van der Waals surface area contributed by atoms with Gasteiger partial charge in [-0.25, -0.2) is 13.2 Å². The zero-order valence-corrected chi connectivity index (χ0v) is 22.1. The third kappa shape index (κ3) is 6.07. The molecule has 0 aliphatic heterocycles. The number of rotatable bonds is 8. The summed E-state index contributed by atoms with van der Waals surface area (Å²) in [5, 5.41) is 0. The van der Waals surface area contributed by atoms with Crippen molar-refractivity contribution in [1.82, 2.24) is 0 Å². The van der Waals surface area contributed by atoms with Gasteiger partial charge in [0, 0.05) is 9.79 Å². The zero-order valence-electron chi connectivity index (χ0n) is 20.5. The maximum Gasteiger partial charge on any atom is 0.343 e. The summed E-state index contributed by atoms with van der Waals surface area (Å²) in [5.74, 6) is 0.0967. The van der Waals surface area contributed by atoms with Gasteiger partial charge in [0.05, 0.1) is 15.2 Å². The van der Waals surface area contributed by atoms with Gasteiger partial charge in [-0.1, -0.05) is 59.8 Å². The Morgan fingerprint density at radius 3 is 1.92 bits per heavy atom. The van der Waals surface area contributed by atoms with Crippen LogP contribution in [0.15, 0.2) is 118 Å². The normalized spacial score (nSPS) is 11.8. The quantitative estimate of drug-likeness (QED) is 0.184. The lowest BCUT2D eigenvalue weighted by Gasteiger charge is -2.25. The van der Waals surface area contributed by atoms with Crippen molar-refractivity contribution in [2.75, 3.05) is 0 Å². The lowest BCUT2D eigenvalue weighted by Crippen LogP contribution is -2.34. The van der Waals surface area contributed by atoms with E-state index in [-0.39, 0.29) is 5.97 Å². The first kappa shape index (κ1) is 25.7. The molecule has 0 heterocycles. The summed E-state index contributed by atoms with van der Waals surface area (Å²) in [6.07, 6.45) is 0.412. The highest BCUT2D eigenvalue weighted by Crippen LogP contribution is 2.32.